The second kappa shape index (κ2) is 8.27. The molecular formula is C19H17ClFN3O3S. The Morgan fingerprint density at radius 3 is 2.50 bits per heavy atom. The number of benzene rings is 2. The Hall–Kier alpha value is -2.47. The summed E-state index contributed by atoms with van der Waals surface area (Å²) in [5.41, 5.74) is 0.779. The zero-order valence-electron chi connectivity index (χ0n) is 14.7. The molecule has 0 radical (unpaired) electrons. The van der Waals surface area contributed by atoms with E-state index in [1.807, 2.05) is 6.07 Å². The monoisotopic (exact) mass is 421 g/mol. The van der Waals surface area contributed by atoms with Crippen molar-refractivity contribution in [2.75, 3.05) is 18.4 Å². The number of hydrogen-bond donors (Lipinski definition) is 1. The van der Waals surface area contributed by atoms with Crippen LogP contribution in [-0.2, 0) is 14.8 Å². The third kappa shape index (κ3) is 4.17. The second-order valence-corrected chi connectivity index (χ2v) is 8.72. The van der Waals surface area contributed by atoms with Crippen molar-refractivity contribution < 1.29 is 17.6 Å². The molecule has 2 aromatic rings. The van der Waals surface area contributed by atoms with Crippen molar-refractivity contribution in [3.63, 3.8) is 0 Å². The maximum absolute atomic E-state index is 13.9. The summed E-state index contributed by atoms with van der Waals surface area (Å²) >= 11 is 5.96. The molecule has 0 unspecified atom stereocenters. The van der Waals surface area contributed by atoms with Crippen LogP contribution >= 0.6 is 11.6 Å². The van der Waals surface area contributed by atoms with Crippen molar-refractivity contribution in [3.05, 3.63) is 58.9 Å². The molecule has 0 saturated carbocycles. The van der Waals surface area contributed by atoms with Gasteiger partial charge in [-0.2, -0.15) is 9.57 Å². The van der Waals surface area contributed by atoms with Gasteiger partial charge in [0.1, 0.15) is 16.8 Å². The summed E-state index contributed by atoms with van der Waals surface area (Å²) in [4.78, 5) is 12.1. The minimum atomic E-state index is -3.94. The highest BCUT2D eigenvalue weighted by molar-refractivity contribution is 7.89. The Labute approximate surface area is 167 Å². The van der Waals surface area contributed by atoms with Crippen molar-refractivity contribution >= 4 is 33.2 Å². The lowest BCUT2D eigenvalue weighted by Gasteiger charge is -2.30. The Morgan fingerprint density at radius 2 is 1.89 bits per heavy atom. The molecule has 3 rings (SSSR count). The van der Waals surface area contributed by atoms with Crippen LogP contribution in [0.25, 0.3) is 0 Å². The van der Waals surface area contributed by atoms with E-state index in [4.69, 9.17) is 16.9 Å². The third-order valence-corrected chi connectivity index (χ3v) is 6.88. The fourth-order valence-corrected chi connectivity index (χ4v) is 4.84. The first-order chi connectivity index (χ1) is 13.3. The van der Waals surface area contributed by atoms with Gasteiger partial charge in [0.2, 0.25) is 15.9 Å². The van der Waals surface area contributed by atoms with Crippen LogP contribution in [0, 0.1) is 23.1 Å². The van der Waals surface area contributed by atoms with E-state index in [9.17, 15) is 17.6 Å². The Kier molecular flexibility index (Phi) is 5.98. The van der Waals surface area contributed by atoms with Crippen molar-refractivity contribution in [2.24, 2.45) is 5.92 Å². The van der Waals surface area contributed by atoms with Crippen molar-refractivity contribution in [1.29, 1.82) is 5.26 Å². The highest BCUT2D eigenvalue weighted by atomic mass is 35.5. The number of carbonyl (C=O) groups excluding carboxylic acids is 1. The molecule has 0 bridgehead atoms. The van der Waals surface area contributed by atoms with Gasteiger partial charge in [0, 0.05) is 24.7 Å². The van der Waals surface area contributed by atoms with E-state index in [0.717, 1.165) is 6.07 Å². The molecule has 1 saturated heterocycles. The predicted octanol–water partition coefficient (Wildman–Crippen LogP) is 3.39. The van der Waals surface area contributed by atoms with E-state index in [0.29, 0.717) is 24.1 Å². The highest BCUT2D eigenvalue weighted by Crippen LogP contribution is 2.27. The molecule has 1 aliphatic rings. The summed E-state index contributed by atoms with van der Waals surface area (Å²) in [7, 11) is -3.94. The van der Waals surface area contributed by atoms with Gasteiger partial charge >= 0.3 is 0 Å². The molecule has 1 heterocycles. The summed E-state index contributed by atoms with van der Waals surface area (Å²) in [6.07, 6.45) is 0.646. The molecule has 1 fully saturated rings. The SMILES string of the molecule is N#Cc1ccc(NC(=O)C2CCN(S(=O)(=O)c3ccccc3F)CC2)cc1Cl. The number of piperidine rings is 1. The van der Waals surface area contributed by atoms with Gasteiger partial charge in [-0.15, -0.1) is 0 Å². The fraction of sp³-hybridized carbons (Fsp3) is 0.263. The number of halogens is 2. The molecule has 0 aliphatic carbocycles. The first kappa shape index (κ1) is 20.3. The van der Waals surface area contributed by atoms with Crippen LogP contribution in [0.3, 0.4) is 0 Å². The first-order valence-electron chi connectivity index (χ1n) is 8.58. The zero-order valence-corrected chi connectivity index (χ0v) is 16.3. The lowest BCUT2D eigenvalue weighted by molar-refractivity contribution is -0.120. The average molecular weight is 422 g/mol. The van der Waals surface area contributed by atoms with Crippen LogP contribution in [-0.4, -0.2) is 31.7 Å². The number of nitriles is 1. The lowest BCUT2D eigenvalue weighted by atomic mass is 9.97. The summed E-state index contributed by atoms with van der Waals surface area (Å²) < 4.78 is 40.3. The van der Waals surface area contributed by atoms with Crippen LogP contribution < -0.4 is 5.32 Å². The van der Waals surface area contributed by atoms with Crippen LogP contribution in [0.2, 0.25) is 5.02 Å². The molecule has 2 aromatic carbocycles. The summed E-state index contributed by atoms with van der Waals surface area (Å²) in [5.74, 6) is -1.41. The van der Waals surface area contributed by atoms with E-state index in [-0.39, 0.29) is 34.8 Å². The number of hydrogen-bond acceptors (Lipinski definition) is 4. The number of carbonyl (C=O) groups is 1. The van der Waals surface area contributed by atoms with E-state index in [2.05, 4.69) is 5.32 Å². The Bertz CT molecular complexity index is 1040. The van der Waals surface area contributed by atoms with E-state index < -0.39 is 15.8 Å². The molecule has 0 spiro atoms. The van der Waals surface area contributed by atoms with Gasteiger partial charge in [-0.25, -0.2) is 12.8 Å². The number of nitrogens with one attached hydrogen (secondary N) is 1. The van der Waals surface area contributed by atoms with Crippen molar-refractivity contribution in [1.82, 2.24) is 4.31 Å². The summed E-state index contributed by atoms with van der Waals surface area (Å²) in [6, 6.07) is 11.8. The van der Waals surface area contributed by atoms with Gasteiger partial charge in [0.05, 0.1) is 10.6 Å². The molecule has 6 nitrogen and oxygen atoms in total. The molecule has 1 aliphatic heterocycles. The van der Waals surface area contributed by atoms with Crippen molar-refractivity contribution in [2.45, 2.75) is 17.7 Å². The molecule has 1 N–H and O–H groups in total. The number of sulfonamides is 1. The number of anilines is 1. The number of rotatable bonds is 4. The zero-order chi connectivity index (χ0) is 20.3. The minimum absolute atomic E-state index is 0.128. The van der Waals surface area contributed by atoms with E-state index in [1.165, 1.54) is 34.6 Å². The number of amides is 1. The molecular weight excluding hydrogens is 405 g/mol. The van der Waals surface area contributed by atoms with Gasteiger partial charge in [0.15, 0.2) is 0 Å². The standard InChI is InChI=1S/C19H17ClFN3O3S/c20-16-11-15(6-5-14(16)12-22)23-19(25)13-7-9-24(10-8-13)28(26,27)18-4-2-1-3-17(18)21/h1-6,11,13H,7-10H2,(H,23,25). The Balaban J connectivity index is 1.64. The lowest BCUT2D eigenvalue weighted by Crippen LogP contribution is -2.41. The van der Waals surface area contributed by atoms with Gasteiger partial charge < -0.3 is 5.32 Å². The van der Waals surface area contributed by atoms with Gasteiger partial charge in [-0.3, -0.25) is 4.79 Å². The maximum Gasteiger partial charge on any atom is 0.245 e. The van der Waals surface area contributed by atoms with Gasteiger partial charge in [0.25, 0.3) is 0 Å². The largest absolute Gasteiger partial charge is 0.326 e. The topological polar surface area (TPSA) is 90.3 Å². The van der Waals surface area contributed by atoms with Gasteiger partial charge in [-0.1, -0.05) is 23.7 Å². The quantitative estimate of drug-likeness (QED) is 0.819. The summed E-state index contributed by atoms with van der Waals surface area (Å²) in [5, 5.41) is 11.9. The third-order valence-electron chi connectivity index (χ3n) is 4.64. The predicted molar refractivity (Wildman–Crippen MR) is 103 cm³/mol. The minimum Gasteiger partial charge on any atom is -0.326 e. The molecule has 146 valence electrons. The first-order valence-corrected chi connectivity index (χ1v) is 10.4. The molecule has 1 amide bonds. The molecule has 0 aromatic heterocycles. The molecule has 9 heteroatoms. The fourth-order valence-electron chi connectivity index (χ4n) is 3.08. The van der Waals surface area contributed by atoms with Crippen LogP contribution in [0.1, 0.15) is 18.4 Å². The maximum atomic E-state index is 13.9. The van der Waals surface area contributed by atoms with Crippen LogP contribution in [0.15, 0.2) is 47.4 Å². The average Bonchev–Trinajstić information content (AvgIpc) is 2.68. The smallest absolute Gasteiger partial charge is 0.245 e. The highest BCUT2D eigenvalue weighted by Gasteiger charge is 2.33. The molecule has 28 heavy (non-hydrogen) atoms. The normalized spacial score (nSPS) is 15.8. The Morgan fingerprint density at radius 1 is 1.21 bits per heavy atom. The van der Waals surface area contributed by atoms with E-state index >= 15 is 0 Å². The molecule has 0 atom stereocenters. The van der Waals surface area contributed by atoms with Crippen LogP contribution in [0.5, 0.6) is 0 Å². The summed E-state index contributed by atoms with van der Waals surface area (Å²) in [6.45, 7) is 0.256. The second-order valence-electron chi connectivity index (χ2n) is 6.40. The van der Waals surface area contributed by atoms with Crippen LogP contribution in [0.4, 0.5) is 10.1 Å². The van der Waals surface area contributed by atoms with E-state index in [1.54, 1.807) is 6.07 Å². The van der Waals surface area contributed by atoms with Crippen molar-refractivity contribution in [3.8, 4) is 6.07 Å². The number of nitrogens with zero attached hydrogens (tertiary/aromatic N) is 2. The van der Waals surface area contributed by atoms with Gasteiger partial charge in [-0.05, 0) is 43.2 Å².